The van der Waals surface area contributed by atoms with Gasteiger partial charge in [-0.25, -0.2) is 0 Å². The van der Waals surface area contributed by atoms with Crippen LogP contribution in [0, 0.1) is 0 Å². The first-order valence-electron chi connectivity index (χ1n) is 0. The summed E-state index contributed by atoms with van der Waals surface area (Å²) >= 11 is 0. The molecule has 8 valence electrons. The maximum absolute atomic E-state index is 0. The summed E-state index contributed by atoms with van der Waals surface area (Å²) < 4.78 is 0. The van der Waals surface area contributed by atoms with Crippen LogP contribution in [0.15, 0.2) is 0 Å². The summed E-state index contributed by atoms with van der Waals surface area (Å²) in [5.41, 5.74) is 0. The van der Waals surface area contributed by atoms with Crippen LogP contribution in [0.1, 0.15) is 0 Å². The molecule has 0 atom stereocenters. The Balaban J connectivity index is 0. The van der Waals surface area contributed by atoms with E-state index in [-0.39, 0.29) is 101 Å². The summed E-state index contributed by atoms with van der Waals surface area (Å²) in [6, 6.07) is 0. The molecule has 0 bridgehead atoms. The van der Waals surface area contributed by atoms with Crippen LogP contribution in [0.4, 0.5) is 0 Å². The Morgan fingerprint density at radius 2 is 0.800 bits per heavy atom. The van der Waals surface area contributed by atoms with E-state index in [9.17, 15) is 0 Å². The Morgan fingerprint density at radius 3 is 0.800 bits per heavy atom. The van der Waals surface area contributed by atoms with Crippen molar-refractivity contribution in [2.45, 2.75) is 0 Å². The van der Waals surface area contributed by atoms with E-state index in [2.05, 4.69) is 0 Å². The van der Waals surface area contributed by atoms with E-state index >= 15 is 0 Å². The molecule has 0 aliphatic carbocycles. The summed E-state index contributed by atoms with van der Waals surface area (Å²) in [7, 11) is 0. The minimum atomic E-state index is 0. The summed E-state index contributed by atoms with van der Waals surface area (Å²) in [5, 5.41) is 0. The molecule has 0 radical (unpaired) electrons. The van der Waals surface area contributed by atoms with Gasteiger partial charge in [-0.3, -0.25) is 0 Å². The van der Waals surface area contributed by atoms with Crippen LogP contribution in [0.5, 0.6) is 0 Å². The van der Waals surface area contributed by atoms with Gasteiger partial charge in [-0.1, -0.05) is 0 Å². The maximum atomic E-state index is 0. The monoisotopic (exact) mass is 605 g/mol. The fraction of sp³-hybridized carbons (Fsp3) is 0. The van der Waals surface area contributed by atoms with Crippen molar-refractivity contribution in [2.75, 3.05) is 0 Å². The maximum Gasteiger partial charge on any atom is 5.00 e. The number of hydrogen-bond donors (Lipinski definition) is 0. The third-order valence-electron chi connectivity index (χ3n) is 0. The molecule has 0 saturated heterocycles. The molecular weight excluding hydrogens is 602 g/mol. The average molecular weight is 602 g/mol. The van der Waals surface area contributed by atoms with Crippen LogP contribution in [0.25, 0.3) is 0 Å². The van der Waals surface area contributed by atoms with Crippen molar-refractivity contribution in [3.8, 4) is 0 Å². The van der Waals surface area contributed by atoms with Gasteiger partial charge < -0.3 is 5.48 Å². The quantitative estimate of drug-likeness (QED) is 0.347. The molecule has 0 N–H and O–H groups in total. The summed E-state index contributed by atoms with van der Waals surface area (Å²) in [4.78, 5) is 0. The van der Waals surface area contributed by atoms with E-state index in [1.54, 1.807) is 0 Å². The molecule has 5 heavy (non-hydrogen) atoms. The zero-order chi connectivity index (χ0) is 0. The number of hydrogen-bond acceptors (Lipinski definition) is 0. The summed E-state index contributed by atoms with van der Waals surface area (Å²) in [6.07, 6.45) is 0. The van der Waals surface area contributed by atoms with Gasteiger partial charge in [-0.05, 0) is 0 Å². The van der Waals surface area contributed by atoms with Crippen LogP contribution in [0.3, 0.4) is 0 Å². The van der Waals surface area contributed by atoms with Crippen molar-refractivity contribution in [1.82, 2.24) is 0 Å². The fourth-order valence-corrected chi connectivity index (χ4v) is 0. The first-order valence-corrected chi connectivity index (χ1v) is 0. The van der Waals surface area contributed by atoms with E-state index in [0.29, 0.717) is 0 Å². The van der Waals surface area contributed by atoms with E-state index < -0.39 is 0 Å². The Hall–Kier alpha value is 3.15. The van der Waals surface area contributed by atoms with E-state index in [1.807, 2.05) is 0 Å². The van der Waals surface area contributed by atoms with Gasteiger partial charge in [-0.2, -0.15) is 0 Å². The van der Waals surface area contributed by atoms with Crippen LogP contribution in [-0.2, 0) is 101 Å². The second kappa shape index (κ2) is 27.2. The first kappa shape index (κ1) is 41.9. The third-order valence-corrected chi connectivity index (χ3v) is 0. The van der Waals surface area contributed by atoms with Gasteiger partial charge in [0, 0.05) is 0 Å². The first-order chi connectivity index (χ1) is 0. The van der Waals surface area contributed by atoms with Crippen LogP contribution < -0.4 is 0 Å². The zero-order valence-corrected chi connectivity index (χ0v) is 14.3. The average Bonchev–Trinajstić information content (AvgIpc) is 0. The predicted octanol–water partition coefficient (Wildman–Crippen LogP) is -0.129. The molecule has 1 nitrogen and oxygen atoms in total. The molecule has 0 unspecified atom stereocenters. The molecule has 5 heteroatoms. The van der Waals surface area contributed by atoms with Gasteiger partial charge in [0.15, 0.2) is 0 Å². The van der Waals surface area contributed by atoms with Gasteiger partial charge in [0.2, 0.25) is 0 Å². The zero-order valence-electron chi connectivity index (χ0n) is 2.36. The molecule has 0 aromatic rings. The minimum Gasteiger partial charge on any atom is -2.00 e. The van der Waals surface area contributed by atoms with Crippen LogP contribution >= 0.6 is 0 Å². The summed E-state index contributed by atoms with van der Waals surface area (Å²) in [6.45, 7) is 0. The van der Waals surface area contributed by atoms with Gasteiger partial charge in [-0.15, -0.1) is 0 Å². The Bertz CT molecular complexity index is 9.61. The summed E-state index contributed by atoms with van der Waals surface area (Å²) in [5.74, 6) is 0. The smallest absolute Gasteiger partial charge is 2.00 e. The van der Waals surface area contributed by atoms with E-state index in [0.717, 1.165) is 0 Å². The third kappa shape index (κ3) is 19.1. The second-order valence-electron chi connectivity index (χ2n) is 0. The molecule has 0 rings (SSSR count). The minimum absolute atomic E-state index is 0. The van der Waals surface area contributed by atoms with Gasteiger partial charge in [0.1, 0.15) is 0 Å². The van der Waals surface area contributed by atoms with Crippen LogP contribution in [0.2, 0.25) is 0 Å². The molecule has 0 heterocycles. The van der Waals surface area contributed by atoms with Crippen molar-refractivity contribution >= 4 is 0 Å². The van der Waals surface area contributed by atoms with Gasteiger partial charge >= 0.3 is 95.8 Å². The van der Waals surface area contributed by atoms with Crippen molar-refractivity contribution in [3.05, 3.63) is 0 Å². The molecule has 0 aromatic carbocycles. The van der Waals surface area contributed by atoms with Crippen molar-refractivity contribution in [1.29, 1.82) is 0 Å². The topological polar surface area (TPSA) is 28.5 Å². The molecule has 0 aliphatic rings. The molecule has 0 aliphatic heterocycles. The second-order valence-corrected chi connectivity index (χ2v) is 0. The standard InChI is InChI=1S/2Hf.O.Ta.Ti/q2*+4;-2;+5;+4. The molecule has 0 amide bonds. The van der Waals surface area contributed by atoms with Crippen LogP contribution in [-0.4, -0.2) is 0 Å². The van der Waals surface area contributed by atoms with Gasteiger partial charge in [0.25, 0.3) is 0 Å². The normalized spacial score (nSPS) is 0. The van der Waals surface area contributed by atoms with E-state index in [4.69, 9.17) is 0 Å². The van der Waals surface area contributed by atoms with Crippen molar-refractivity contribution in [2.24, 2.45) is 0 Å². The van der Waals surface area contributed by atoms with E-state index in [1.165, 1.54) is 0 Å². The Kier molecular flexibility index (Phi) is 228. The largest absolute Gasteiger partial charge is 5.00 e. The molecule has 0 aromatic heterocycles. The molecule has 0 saturated carbocycles. The number of rotatable bonds is 0. The predicted molar refractivity (Wildman–Crippen MR) is 0.686 cm³/mol. The Morgan fingerprint density at radius 1 is 0.800 bits per heavy atom. The molecular formula is Hf2OTaTi+15. The van der Waals surface area contributed by atoms with Crippen molar-refractivity contribution in [3.63, 3.8) is 0 Å². The fourth-order valence-electron chi connectivity index (χ4n) is 0. The Labute approximate surface area is 99.3 Å². The molecule has 0 fully saturated rings. The van der Waals surface area contributed by atoms with Gasteiger partial charge in [0.05, 0.1) is 0 Å². The van der Waals surface area contributed by atoms with Crippen molar-refractivity contribution < 1.29 is 101 Å². The molecule has 0 spiro atoms. The SMILES string of the molecule is [Hf+4].[Hf+4].[O-2].[Ta+5].[Ti+4].